The van der Waals surface area contributed by atoms with Gasteiger partial charge in [-0.2, -0.15) is 0 Å². The van der Waals surface area contributed by atoms with Crippen LogP contribution in [0, 0.1) is 0 Å². The summed E-state index contributed by atoms with van der Waals surface area (Å²) in [6, 6.07) is 7.75. The summed E-state index contributed by atoms with van der Waals surface area (Å²) in [6.07, 6.45) is 19.1. The zero-order chi connectivity index (χ0) is 19.6. The predicted octanol–water partition coefficient (Wildman–Crippen LogP) is 7.74. The highest BCUT2D eigenvalue weighted by Crippen LogP contribution is 2.19. The van der Waals surface area contributed by atoms with Gasteiger partial charge in [0.15, 0.2) is 0 Å². The molecular formula is C24H41NO2. The fourth-order valence-electron chi connectivity index (χ4n) is 3.42. The van der Waals surface area contributed by atoms with Crippen LogP contribution in [0.5, 0.6) is 5.75 Å². The molecule has 0 fully saturated rings. The molecule has 1 aromatic rings. The van der Waals surface area contributed by atoms with Gasteiger partial charge >= 0.3 is 0 Å². The summed E-state index contributed by atoms with van der Waals surface area (Å²) in [5.41, 5.74) is 1.46. The van der Waals surface area contributed by atoms with Crippen molar-refractivity contribution in [2.75, 3.05) is 6.61 Å². The van der Waals surface area contributed by atoms with Gasteiger partial charge < -0.3 is 9.94 Å². The van der Waals surface area contributed by atoms with E-state index in [4.69, 9.17) is 9.94 Å². The second kappa shape index (κ2) is 16.6. The molecule has 1 aromatic carbocycles. The average molecular weight is 376 g/mol. The zero-order valence-corrected chi connectivity index (χ0v) is 17.7. The van der Waals surface area contributed by atoms with E-state index in [1.54, 1.807) is 6.92 Å². The molecule has 0 aliphatic carbocycles. The van der Waals surface area contributed by atoms with E-state index < -0.39 is 0 Å². The van der Waals surface area contributed by atoms with Gasteiger partial charge in [0.05, 0.1) is 12.3 Å². The topological polar surface area (TPSA) is 41.8 Å². The molecule has 0 aliphatic rings. The Morgan fingerprint density at radius 2 is 1.26 bits per heavy atom. The minimum Gasteiger partial charge on any atom is -0.493 e. The molecule has 0 unspecified atom stereocenters. The fourth-order valence-corrected chi connectivity index (χ4v) is 3.42. The van der Waals surface area contributed by atoms with E-state index in [0.717, 1.165) is 24.3 Å². The normalized spacial score (nSPS) is 11.7. The van der Waals surface area contributed by atoms with Gasteiger partial charge in [-0.05, 0) is 25.5 Å². The molecule has 27 heavy (non-hydrogen) atoms. The Bertz CT molecular complexity index is 499. The molecule has 3 heteroatoms. The summed E-state index contributed by atoms with van der Waals surface area (Å²) in [5, 5.41) is 12.2. The van der Waals surface area contributed by atoms with Crippen LogP contribution in [-0.4, -0.2) is 17.5 Å². The summed E-state index contributed by atoms with van der Waals surface area (Å²) in [4.78, 5) is 0. The maximum atomic E-state index is 8.95. The van der Waals surface area contributed by atoms with Gasteiger partial charge in [-0.3, -0.25) is 0 Å². The number of benzene rings is 1. The van der Waals surface area contributed by atoms with Crippen molar-refractivity contribution in [3.63, 3.8) is 0 Å². The van der Waals surface area contributed by atoms with Crippen LogP contribution in [0.2, 0.25) is 0 Å². The lowest BCUT2D eigenvalue weighted by molar-refractivity contribution is 0.302. The Hall–Kier alpha value is -1.51. The Morgan fingerprint density at radius 3 is 1.78 bits per heavy atom. The molecule has 0 saturated carbocycles. The van der Waals surface area contributed by atoms with E-state index in [-0.39, 0.29) is 0 Å². The summed E-state index contributed by atoms with van der Waals surface area (Å²) in [5.74, 6) is 0.808. The van der Waals surface area contributed by atoms with Gasteiger partial charge in [0.2, 0.25) is 0 Å². The van der Waals surface area contributed by atoms with E-state index in [1.165, 1.54) is 83.5 Å². The van der Waals surface area contributed by atoms with Crippen LogP contribution in [0.4, 0.5) is 0 Å². The molecule has 0 heterocycles. The molecule has 0 bridgehead atoms. The standard InChI is InChI=1S/C24H41NO2/c1-3-4-5-6-7-8-9-10-11-12-13-14-15-18-21-27-24-20-17-16-19-23(24)22(2)25-26/h16-17,19-20,26H,3-15,18,21H2,1-2H3. The summed E-state index contributed by atoms with van der Waals surface area (Å²) >= 11 is 0. The Labute approximate surface area is 167 Å². The molecular weight excluding hydrogens is 334 g/mol. The van der Waals surface area contributed by atoms with Gasteiger partial charge in [0.25, 0.3) is 0 Å². The minimum absolute atomic E-state index is 0.589. The smallest absolute Gasteiger partial charge is 0.128 e. The number of oxime groups is 1. The van der Waals surface area contributed by atoms with Gasteiger partial charge in [-0.25, -0.2) is 0 Å². The lowest BCUT2D eigenvalue weighted by Crippen LogP contribution is -2.03. The van der Waals surface area contributed by atoms with Gasteiger partial charge in [0.1, 0.15) is 5.75 Å². The molecule has 154 valence electrons. The molecule has 0 saturated heterocycles. The van der Waals surface area contributed by atoms with Crippen molar-refractivity contribution >= 4 is 5.71 Å². The van der Waals surface area contributed by atoms with Gasteiger partial charge in [0, 0.05) is 5.56 Å². The van der Waals surface area contributed by atoms with Crippen molar-refractivity contribution in [1.82, 2.24) is 0 Å². The van der Waals surface area contributed by atoms with Crippen LogP contribution in [0.1, 0.15) is 109 Å². The number of unbranched alkanes of at least 4 members (excludes halogenated alkanes) is 13. The van der Waals surface area contributed by atoms with Crippen molar-refractivity contribution < 1.29 is 9.94 Å². The lowest BCUT2D eigenvalue weighted by atomic mass is 10.0. The third kappa shape index (κ3) is 11.7. The maximum absolute atomic E-state index is 8.95. The summed E-state index contributed by atoms with van der Waals surface area (Å²) < 4.78 is 5.88. The SMILES string of the molecule is CCCCCCCCCCCCCCCCOc1ccccc1C(C)=NO. The zero-order valence-electron chi connectivity index (χ0n) is 17.7. The van der Waals surface area contributed by atoms with Crippen molar-refractivity contribution in [3.8, 4) is 5.75 Å². The quantitative estimate of drug-likeness (QED) is 0.131. The Balaban J connectivity index is 1.93. The monoisotopic (exact) mass is 375 g/mol. The summed E-state index contributed by atoms with van der Waals surface area (Å²) in [7, 11) is 0. The van der Waals surface area contributed by atoms with E-state index in [9.17, 15) is 0 Å². The third-order valence-electron chi connectivity index (χ3n) is 5.18. The van der Waals surface area contributed by atoms with Gasteiger partial charge in [-0.15, -0.1) is 0 Å². The van der Waals surface area contributed by atoms with Crippen LogP contribution in [0.25, 0.3) is 0 Å². The van der Waals surface area contributed by atoms with Crippen LogP contribution >= 0.6 is 0 Å². The molecule has 1 rings (SSSR count). The van der Waals surface area contributed by atoms with Crippen LogP contribution in [0.3, 0.4) is 0 Å². The largest absolute Gasteiger partial charge is 0.493 e. The number of ether oxygens (including phenoxy) is 1. The first kappa shape index (κ1) is 23.5. The number of nitrogens with zero attached hydrogens (tertiary/aromatic N) is 1. The van der Waals surface area contributed by atoms with Crippen LogP contribution < -0.4 is 4.74 Å². The molecule has 3 nitrogen and oxygen atoms in total. The van der Waals surface area contributed by atoms with E-state index in [0.29, 0.717) is 5.71 Å². The maximum Gasteiger partial charge on any atom is 0.128 e. The first-order valence-corrected chi connectivity index (χ1v) is 11.2. The first-order chi connectivity index (χ1) is 13.3. The minimum atomic E-state index is 0.589. The van der Waals surface area contributed by atoms with E-state index in [1.807, 2.05) is 24.3 Å². The van der Waals surface area contributed by atoms with Crippen molar-refractivity contribution in [2.24, 2.45) is 5.16 Å². The number of para-hydroxylation sites is 1. The van der Waals surface area contributed by atoms with E-state index in [2.05, 4.69) is 12.1 Å². The molecule has 0 spiro atoms. The first-order valence-electron chi connectivity index (χ1n) is 11.2. The second-order valence-electron chi connectivity index (χ2n) is 7.63. The second-order valence-corrected chi connectivity index (χ2v) is 7.63. The highest BCUT2D eigenvalue weighted by molar-refractivity contribution is 6.00. The van der Waals surface area contributed by atoms with Gasteiger partial charge in [-0.1, -0.05) is 108 Å². The molecule has 0 aliphatic heterocycles. The third-order valence-corrected chi connectivity index (χ3v) is 5.18. The fraction of sp³-hybridized carbons (Fsp3) is 0.708. The number of hydrogen-bond donors (Lipinski definition) is 1. The van der Waals surface area contributed by atoms with E-state index >= 15 is 0 Å². The van der Waals surface area contributed by atoms with Crippen LogP contribution in [0.15, 0.2) is 29.4 Å². The average Bonchev–Trinajstić information content (AvgIpc) is 2.70. The Kier molecular flexibility index (Phi) is 14.5. The van der Waals surface area contributed by atoms with Crippen molar-refractivity contribution in [1.29, 1.82) is 0 Å². The number of rotatable bonds is 17. The molecule has 1 N–H and O–H groups in total. The molecule has 0 aromatic heterocycles. The highest BCUT2D eigenvalue weighted by Gasteiger charge is 2.06. The highest BCUT2D eigenvalue weighted by atomic mass is 16.5. The van der Waals surface area contributed by atoms with Crippen molar-refractivity contribution in [2.45, 2.75) is 104 Å². The lowest BCUT2D eigenvalue weighted by Gasteiger charge is -2.10. The van der Waals surface area contributed by atoms with Crippen LogP contribution in [-0.2, 0) is 0 Å². The summed E-state index contributed by atoms with van der Waals surface area (Å²) in [6.45, 7) is 4.80. The number of hydrogen-bond acceptors (Lipinski definition) is 3. The van der Waals surface area contributed by atoms with Crippen molar-refractivity contribution in [3.05, 3.63) is 29.8 Å². The molecule has 0 amide bonds. The molecule has 0 atom stereocenters. The Morgan fingerprint density at radius 1 is 0.778 bits per heavy atom. The molecule has 0 radical (unpaired) electrons. The predicted molar refractivity (Wildman–Crippen MR) is 116 cm³/mol.